The van der Waals surface area contributed by atoms with Gasteiger partial charge in [0.1, 0.15) is 6.33 Å². The highest BCUT2D eigenvalue weighted by molar-refractivity contribution is 5.73. The molecule has 0 fully saturated rings. The molecule has 0 aliphatic carbocycles. The summed E-state index contributed by atoms with van der Waals surface area (Å²) in [5.74, 6) is 0.616. The summed E-state index contributed by atoms with van der Waals surface area (Å²) in [6.45, 7) is 2.96. The fourth-order valence-electron chi connectivity index (χ4n) is 0.898. The minimum Gasteiger partial charge on any atom is -0.331 e. The van der Waals surface area contributed by atoms with E-state index in [-0.39, 0.29) is 6.03 Å². The lowest BCUT2D eigenvalue weighted by Crippen LogP contribution is -2.36. The van der Waals surface area contributed by atoms with Gasteiger partial charge in [-0.2, -0.15) is 5.10 Å². The Morgan fingerprint density at radius 2 is 2.43 bits per heavy atom. The van der Waals surface area contributed by atoms with Crippen LogP contribution in [0.3, 0.4) is 0 Å². The quantitative estimate of drug-likeness (QED) is 0.740. The fraction of sp³-hybridized carbons (Fsp3) is 0.625. The number of urea groups is 1. The molecule has 1 rings (SSSR count). The van der Waals surface area contributed by atoms with Crippen molar-refractivity contribution in [2.24, 2.45) is 7.05 Å². The highest BCUT2D eigenvalue weighted by Gasteiger charge is 2.06. The average molecular weight is 197 g/mol. The molecule has 0 atom stereocenters. The standard InChI is InChI=1S/C8H15N5O/c1-4-12(2)8(14)9-5-7-10-6-13(3)11-7/h6H,4-5H2,1-3H3,(H,9,14). The van der Waals surface area contributed by atoms with Gasteiger partial charge in [0.2, 0.25) is 0 Å². The molecular weight excluding hydrogens is 182 g/mol. The van der Waals surface area contributed by atoms with Gasteiger partial charge < -0.3 is 10.2 Å². The third-order valence-corrected chi connectivity index (χ3v) is 1.87. The third kappa shape index (κ3) is 2.72. The first-order valence-electron chi connectivity index (χ1n) is 4.47. The number of rotatable bonds is 3. The number of aryl methyl sites for hydroxylation is 1. The molecule has 0 saturated carbocycles. The molecular formula is C8H15N5O. The van der Waals surface area contributed by atoms with Crippen molar-refractivity contribution in [3.05, 3.63) is 12.2 Å². The van der Waals surface area contributed by atoms with Crippen LogP contribution in [0.4, 0.5) is 4.79 Å². The van der Waals surface area contributed by atoms with Crippen LogP contribution in [0.25, 0.3) is 0 Å². The van der Waals surface area contributed by atoms with Crippen LogP contribution in [0, 0.1) is 0 Å². The number of aromatic nitrogens is 3. The highest BCUT2D eigenvalue weighted by Crippen LogP contribution is 1.89. The minimum absolute atomic E-state index is 0.111. The number of hydrogen-bond acceptors (Lipinski definition) is 3. The summed E-state index contributed by atoms with van der Waals surface area (Å²) in [5, 5.41) is 6.75. The normalized spacial score (nSPS) is 9.93. The molecule has 0 bridgehead atoms. The number of amides is 2. The Labute approximate surface area is 82.9 Å². The molecule has 0 spiro atoms. The summed E-state index contributed by atoms with van der Waals surface area (Å²) in [5.41, 5.74) is 0. The van der Waals surface area contributed by atoms with Crippen molar-refractivity contribution in [1.82, 2.24) is 25.0 Å². The summed E-state index contributed by atoms with van der Waals surface area (Å²) in [4.78, 5) is 16.9. The van der Waals surface area contributed by atoms with Gasteiger partial charge in [0, 0.05) is 20.6 Å². The van der Waals surface area contributed by atoms with Crippen LogP contribution in [0.15, 0.2) is 6.33 Å². The maximum atomic E-state index is 11.3. The topological polar surface area (TPSA) is 63.1 Å². The number of nitrogens with one attached hydrogen (secondary N) is 1. The second-order valence-electron chi connectivity index (χ2n) is 3.01. The van der Waals surface area contributed by atoms with Gasteiger partial charge in [-0.15, -0.1) is 0 Å². The van der Waals surface area contributed by atoms with Crippen molar-refractivity contribution in [1.29, 1.82) is 0 Å². The molecule has 0 radical (unpaired) electrons. The maximum absolute atomic E-state index is 11.3. The third-order valence-electron chi connectivity index (χ3n) is 1.87. The summed E-state index contributed by atoms with van der Waals surface area (Å²) >= 11 is 0. The van der Waals surface area contributed by atoms with E-state index >= 15 is 0 Å². The zero-order chi connectivity index (χ0) is 10.6. The molecule has 1 N–H and O–H groups in total. The van der Waals surface area contributed by atoms with E-state index in [0.717, 1.165) is 0 Å². The fourth-order valence-corrected chi connectivity index (χ4v) is 0.898. The Balaban J connectivity index is 2.37. The molecule has 1 heterocycles. The van der Waals surface area contributed by atoms with Crippen molar-refractivity contribution in [3.8, 4) is 0 Å². The van der Waals surface area contributed by atoms with Gasteiger partial charge in [-0.1, -0.05) is 0 Å². The molecule has 1 aromatic rings. The molecule has 0 unspecified atom stereocenters. The molecule has 0 aliphatic rings. The number of carbonyl (C=O) groups excluding carboxylic acids is 1. The molecule has 14 heavy (non-hydrogen) atoms. The second kappa shape index (κ2) is 4.59. The maximum Gasteiger partial charge on any atom is 0.317 e. The molecule has 6 nitrogen and oxygen atoms in total. The van der Waals surface area contributed by atoms with Crippen molar-refractivity contribution >= 4 is 6.03 Å². The minimum atomic E-state index is -0.111. The lowest BCUT2D eigenvalue weighted by Gasteiger charge is -2.14. The van der Waals surface area contributed by atoms with Crippen LogP contribution in [0.5, 0.6) is 0 Å². The van der Waals surface area contributed by atoms with E-state index in [9.17, 15) is 4.79 Å². The Kier molecular flexibility index (Phi) is 3.44. The molecule has 0 saturated heterocycles. The second-order valence-corrected chi connectivity index (χ2v) is 3.01. The predicted octanol–water partition coefficient (Wildman–Crippen LogP) is -0.0236. The first-order valence-corrected chi connectivity index (χ1v) is 4.47. The van der Waals surface area contributed by atoms with Crippen LogP contribution >= 0.6 is 0 Å². The van der Waals surface area contributed by atoms with Crippen molar-refractivity contribution in [2.45, 2.75) is 13.5 Å². The molecule has 78 valence electrons. The molecule has 0 aromatic carbocycles. The SMILES string of the molecule is CCN(C)C(=O)NCc1ncn(C)n1. The van der Waals surface area contributed by atoms with Crippen LogP contribution in [-0.2, 0) is 13.6 Å². The van der Waals surface area contributed by atoms with Gasteiger partial charge in [0.05, 0.1) is 6.54 Å². The predicted molar refractivity (Wildman–Crippen MR) is 51.5 cm³/mol. The smallest absolute Gasteiger partial charge is 0.317 e. The van der Waals surface area contributed by atoms with Crippen molar-refractivity contribution in [2.75, 3.05) is 13.6 Å². The van der Waals surface area contributed by atoms with Crippen LogP contribution in [0.2, 0.25) is 0 Å². The van der Waals surface area contributed by atoms with E-state index in [2.05, 4.69) is 15.4 Å². The van der Waals surface area contributed by atoms with Gasteiger partial charge in [-0.05, 0) is 6.92 Å². The van der Waals surface area contributed by atoms with E-state index in [0.29, 0.717) is 18.9 Å². The van der Waals surface area contributed by atoms with Crippen LogP contribution in [0.1, 0.15) is 12.7 Å². The lowest BCUT2D eigenvalue weighted by molar-refractivity contribution is 0.210. The van der Waals surface area contributed by atoms with E-state index < -0.39 is 0 Å². The van der Waals surface area contributed by atoms with Gasteiger partial charge in [-0.25, -0.2) is 9.78 Å². The van der Waals surface area contributed by atoms with Gasteiger partial charge in [0.25, 0.3) is 0 Å². The largest absolute Gasteiger partial charge is 0.331 e. The number of hydrogen-bond donors (Lipinski definition) is 1. The van der Waals surface area contributed by atoms with Gasteiger partial charge in [-0.3, -0.25) is 4.68 Å². The van der Waals surface area contributed by atoms with E-state index in [4.69, 9.17) is 0 Å². The summed E-state index contributed by atoms with van der Waals surface area (Å²) in [6.07, 6.45) is 1.60. The van der Waals surface area contributed by atoms with Crippen molar-refractivity contribution < 1.29 is 4.79 Å². The molecule has 0 aliphatic heterocycles. The summed E-state index contributed by atoms with van der Waals surface area (Å²) in [6, 6.07) is -0.111. The Morgan fingerprint density at radius 1 is 1.71 bits per heavy atom. The Bertz CT molecular complexity index is 308. The zero-order valence-electron chi connectivity index (χ0n) is 8.69. The van der Waals surface area contributed by atoms with Gasteiger partial charge in [0.15, 0.2) is 5.82 Å². The lowest BCUT2D eigenvalue weighted by atomic mass is 10.6. The average Bonchev–Trinajstić information content (AvgIpc) is 2.59. The summed E-state index contributed by atoms with van der Waals surface area (Å²) in [7, 11) is 3.53. The van der Waals surface area contributed by atoms with Crippen LogP contribution < -0.4 is 5.32 Å². The first-order chi connectivity index (χ1) is 6.63. The molecule has 1 aromatic heterocycles. The Morgan fingerprint density at radius 3 is 2.93 bits per heavy atom. The van der Waals surface area contributed by atoms with E-state index in [1.54, 1.807) is 30.0 Å². The highest BCUT2D eigenvalue weighted by atomic mass is 16.2. The number of nitrogens with zero attached hydrogens (tertiary/aromatic N) is 4. The van der Waals surface area contributed by atoms with Crippen molar-refractivity contribution in [3.63, 3.8) is 0 Å². The molecule has 6 heteroatoms. The first kappa shape index (κ1) is 10.5. The molecule has 2 amide bonds. The monoisotopic (exact) mass is 197 g/mol. The van der Waals surface area contributed by atoms with Gasteiger partial charge >= 0.3 is 6.03 Å². The number of carbonyl (C=O) groups is 1. The summed E-state index contributed by atoms with van der Waals surface area (Å²) < 4.78 is 1.60. The van der Waals surface area contributed by atoms with E-state index in [1.807, 2.05) is 6.92 Å². The Hall–Kier alpha value is -1.59. The van der Waals surface area contributed by atoms with E-state index in [1.165, 1.54) is 0 Å². The zero-order valence-corrected chi connectivity index (χ0v) is 8.69. The van der Waals surface area contributed by atoms with Crippen LogP contribution in [-0.4, -0.2) is 39.3 Å².